The maximum atomic E-state index is 3.58. The molecule has 1 nitrogen and oxygen atoms in total. The van der Waals surface area contributed by atoms with Gasteiger partial charge in [0.15, 0.2) is 0 Å². The van der Waals surface area contributed by atoms with Gasteiger partial charge < -0.3 is 5.32 Å². The van der Waals surface area contributed by atoms with Gasteiger partial charge in [0.25, 0.3) is 0 Å². The Kier molecular flexibility index (Phi) is 5.81. The minimum Gasteiger partial charge on any atom is -0.316 e. The molecule has 2 aromatic carbocycles. The van der Waals surface area contributed by atoms with E-state index in [0.29, 0.717) is 5.92 Å². The normalized spacial score (nSPS) is 12.3. The van der Waals surface area contributed by atoms with Crippen LogP contribution in [0.5, 0.6) is 0 Å². The number of hydrogen-bond donors (Lipinski definition) is 1. The summed E-state index contributed by atoms with van der Waals surface area (Å²) in [4.78, 5) is 0. The smallest absolute Gasteiger partial charge is 0.0178 e. The quantitative estimate of drug-likeness (QED) is 0.809. The first kappa shape index (κ1) is 15.3. The lowest BCUT2D eigenvalue weighted by atomic mass is 9.91. The fraction of sp³-hybridized carbons (Fsp3) is 0.333. The lowest BCUT2D eigenvalue weighted by Crippen LogP contribution is -2.22. The Morgan fingerprint density at radius 2 is 1.90 bits per heavy atom. The summed E-state index contributed by atoms with van der Waals surface area (Å²) in [5.74, 6) is 0.509. The van der Waals surface area contributed by atoms with E-state index in [1.165, 1.54) is 16.7 Å². The van der Waals surface area contributed by atoms with Gasteiger partial charge in [0.05, 0.1) is 0 Å². The Morgan fingerprint density at radius 3 is 2.60 bits per heavy atom. The van der Waals surface area contributed by atoms with Crippen molar-refractivity contribution in [1.82, 2.24) is 5.32 Å². The summed E-state index contributed by atoms with van der Waals surface area (Å²) in [7, 11) is 0. The molecule has 2 heteroatoms. The predicted octanol–water partition coefficient (Wildman–Crippen LogP) is 4.69. The van der Waals surface area contributed by atoms with E-state index >= 15 is 0 Å². The molecule has 0 saturated carbocycles. The van der Waals surface area contributed by atoms with Crippen LogP contribution in [0.25, 0.3) is 0 Å². The van der Waals surface area contributed by atoms with Gasteiger partial charge in [-0.05, 0) is 43.1 Å². The van der Waals surface area contributed by atoms with E-state index < -0.39 is 0 Å². The third-order valence-electron chi connectivity index (χ3n) is 3.53. The average Bonchev–Trinajstić information content (AvgIpc) is 2.43. The molecule has 1 atom stereocenters. The molecule has 2 rings (SSSR count). The van der Waals surface area contributed by atoms with Crippen LogP contribution in [0.4, 0.5) is 0 Å². The lowest BCUT2D eigenvalue weighted by Gasteiger charge is -2.18. The van der Waals surface area contributed by atoms with Crippen LogP contribution in [0.1, 0.15) is 29.5 Å². The van der Waals surface area contributed by atoms with Crippen LogP contribution in [0.15, 0.2) is 53.0 Å². The molecule has 0 heterocycles. The number of rotatable bonds is 6. The second kappa shape index (κ2) is 7.61. The second-order valence-corrected chi connectivity index (χ2v) is 6.17. The molecule has 0 amide bonds. The third-order valence-corrected chi connectivity index (χ3v) is 4.02. The number of nitrogens with one attached hydrogen (secondary N) is 1. The Labute approximate surface area is 130 Å². The maximum absolute atomic E-state index is 3.58. The first-order valence-electron chi connectivity index (χ1n) is 7.20. The van der Waals surface area contributed by atoms with E-state index in [-0.39, 0.29) is 0 Å². The minimum absolute atomic E-state index is 0.509. The summed E-state index contributed by atoms with van der Waals surface area (Å²) >= 11 is 3.58. The first-order chi connectivity index (χ1) is 9.69. The van der Waals surface area contributed by atoms with Crippen LogP contribution >= 0.6 is 15.9 Å². The van der Waals surface area contributed by atoms with Crippen LogP contribution in [-0.2, 0) is 6.42 Å². The lowest BCUT2D eigenvalue weighted by molar-refractivity contribution is 0.594. The van der Waals surface area contributed by atoms with Gasteiger partial charge >= 0.3 is 0 Å². The predicted molar refractivity (Wildman–Crippen MR) is 90.3 cm³/mol. The van der Waals surface area contributed by atoms with E-state index in [0.717, 1.165) is 24.0 Å². The SMILES string of the molecule is CCNCC(Cc1cccc(C)c1)c1cccc(Br)c1. The minimum atomic E-state index is 0.509. The Hall–Kier alpha value is -1.12. The number of likely N-dealkylation sites (N-methyl/N-ethyl adjacent to an activating group) is 1. The van der Waals surface area contributed by atoms with Gasteiger partial charge in [0, 0.05) is 16.9 Å². The van der Waals surface area contributed by atoms with E-state index in [1.807, 2.05) is 0 Å². The van der Waals surface area contributed by atoms with Gasteiger partial charge in [0.1, 0.15) is 0 Å². The largest absolute Gasteiger partial charge is 0.316 e. The molecule has 1 unspecified atom stereocenters. The summed E-state index contributed by atoms with van der Waals surface area (Å²) in [6.07, 6.45) is 1.07. The molecule has 0 aliphatic heterocycles. The van der Waals surface area contributed by atoms with Crippen LogP contribution < -0.4 is 5.32 Å². The zero-order chi connectivity index (χ0) is 14.4. The van der Waals surface area contributed by atoms with Crippen molar-refractivity contribution in [2.45, 2.75) is 26.2 Å². The van der Waals surface area contributed by atoms with Gasteiger partial charge in [-0.3, -0.25) is 0 Å². The van der Waals surface area contributed by atoms with Crippen molar-refractivity contribution in [1.29, 1.82) is 0 Å². The van der Waals surface area contributed by atoms with Crippen molar-refractivity contribution in [2.24, 2.45) is 0 Å². The van der Waals surface area contributed by atoms with E-state index in [1.54, 1.807) is 0 Å². The van der Waals surface area contributed by atoms with Crippen molar-refractivity contribution in [2.75, 3.05) is 13.1 Å². The topological polar surface area (TPSA) is 12.0 Å². The summed E-state index contributed by atoms with van der Waals surface area (Å²) in [5, 5.41) is 3.49. The molecular weight excluding hydrogens is 310 g/mol. The monoisotopic (exact) mass is 331 g/mol. The molecule has 20 heavy (non-hydrogen) atoms. The molecule has 0 aliphatic rings. The Morgan fingerprint density at radius 1 is 1.10 bits per heavy atom. The number of hydrogen-bond acceptors (Lipinski definition) is 1. The molecule has 0 saturated heterocycles. The van der Waals surface area contributed by atoms with Crippen molar-refractivity contribution in [3.63, 3.8) is 0 Å². The maximum Gasteiger partial charge on any atom is 0.0178 e. The van der Waals surface area contributed by atoms with Gasteiger partial charge in [-0.25, -0.2) is 0 Å². The Bertz CT molecular complexity index is 551. The van der Waals surface area contributed by atoms with Crippen molar-refractivity contribution in [3.05, 3.63) is 69.7 Å². The third kappa shape index (κ3) is 4.46. The van der Waals surface area contributed by atoms with E-state index in [9.17, 15) is 0 Å². The van der Waals surface area contributed by atoms with Crippen molar-refractivity contribution < 1.29 is 0 Å². The highest BCUT2D eigenvalue weighted by molar-refractivity contribution is 9.10. The summed E-state index contributed by atoms with van der Waals surface area (Å²) in [6, 6.07) is 17.5. The van der Waals surface area contributed by atoms with Gasteiger partial charge in [0.2, 0.25) is 0 Å². The highest BCUT2D eigenvalue weighted by atomic mass is 79.9. The average molecular weight is 332 g/mol. The van der Waals surface area contributed by atoms with Crippen LogP contribution in [0.2, 0.25) is 0 Å². The molecule has 0 aromatic heterocycles. The molecule has 106 valence electrons. The first-order valence-corrected chi connectivity index (χ1v) is 8.00. The van der Waals surface area contributed by atoms with Gasteiger partial charge in [-0.2, -0.15) is 0 Å². The van der Waals surface area contributed by atoms with Crippen molar-refractivity contribution >= 4 is 15.9 Å². The second-order valence-electron chi connectivity index (χ2n) is 5.25. The summed E-state index contributed by atoms with van der Waals surface area (Å²) < 4.78 is 1.15. The molecule has 0 radical (unpaired) electrons. The number of aryl methyl sites for hydroxylation is 1. The van der Waals surface area contributed by atoms with E-state index in [4.69, 9.17) is 0 Å². The number of benzene rings is 2. The molecule has 0 bridgehead atoms. The molecule has 0 aliphatic carbocycles. The molecule has 0 fully saturated rings. The van der Waals surface area contributed by atoms with Crippen LogP contribution in [0, 0.1) is 6.92 Å². The van der Waals surface area contributed by atoms with Crippen LogP contribution in [-0.4, -0.2) is 13.1 Å². The Balaban J connectivity index is 2.19. The molecule has 2 aromatic rings. The fourth-order valence-electron chi connectivity index (χ4n) is 2.51. The van der Waals surface area contributed by atoms with Gasteiger partial charge in [-0.15, -0.1) is 0 Å². The standard InChI is InChI=1S/C18H22BrN/c1-3-20-13-17(16-8-5-9-18(19)12-16)11-15-7-4-6-14(2)10-15/h4-10,12,17,20H,3,11,13H2,1-2H3. The van der Waals surface area contributed by atoms with Crippen LogP contribution in [0.3, 0.4) is 0 Å². The van der Waals surface area contributed by atoms with Crippen molar-refractivity contribution in [3.8, 4) is 0 Å². The zero-order valence-electron chi connectivity index (χ0n) is 12.2. The fourth-order valence-corrected chi connectivity index (χ4v) is 2.93. The highest BCUT2D eigenvalue weighted by Gasteiger charge is 2.12. The van der Waals surface area contributed by atoms with E-state index in [2.05, 4.69) is 83.6 Å². The molecule has 0 spiro atoms. The van der Waals surface area contributed by atoms with Gasteiger partial charge in [-0.1, -0.05) is 64.8 Å². The molecular formula is C18H22BrN. The summed E-state index contributed by atoms with van der Waals surface area (Å²) in [5.41, 5.74) is 4.13. The summed E-state index contributed by atoms with van der Waals surface area (Å²) in [6.45, 7) is 6.34. The molecule has 1 N–H and O–H groups in total. The zero-order valence-corrected chi connectivity index (χ0v) is 13.8. The number of halogens is 1. The highest BCUT2D eigenvalue weighted by Crippen LogP contribution is 2.23.